The molecule has 0 aliphatic heterocycles. The summed E-state index contributed by atoms with van der Waals surface area (Å²) in [5.41, 5.74) is 0.484. The minimum Gasteiger partial charge on any atom is -0.131 e. The van der Waals surface area contributed by atoms with Crippen LogP contribution < -0.4 is 0 Å². The lowest BCUT2D eigenvalue weighted by atomic mass is 9.49. The van der Waals surface area contributed by atoms with E-state index in [1.165, 1.54) is 42.5 Å². The topological polar surface area (TPSA) is 3.24 Å². The average molecular weight is 234 g/mol. The second kappa shape index (κ2) is 3.26. The second-order valence-corrected chi connectivity index (χ2v) is 6.87. The van der Waals surface area contributed by atoms with Gasteiger partial charge in [0.2, 0.25) is 0 Å². The maximum Gasteiger partial charge on any atom is 0.0361 e. The van der Waals surface area contributed by atoms with Crippen molar-refractivity contribution in [2.45, 2.75) is 38.5 Å². The Balaban J connectivity index is 1.80. The highest BCUT2D eigenvalue weighted by atomic mass is 35.5. The van der Waals surface area contributed by atoms with Gasteiger partial charge in [0.1, 0.15) is 0 Å². The van der Waals surface area contributed by atoms with E-state index in [-0.39, 0.29) is 0 Å². The third-order valence-corrected chi connectivity index (χ3v) is 4.86. The van der Waals surface area contributed by atoms with Crippen LogP contribution in [0.25, 0.3) is 0 Å². The van der Waals surface area contributed by atoms with Crippen LogP contribution in [-0.4, -0.2) is 10.5 Å². The Kier molecular flexibility index (Phi) is 2.27. The van der Waals surface area contributed by atoms with Crippen molar-refractivity contribution in [3.63, 3.8) is 0 Å². The van der Waals surface area contributed by atoms with Gasteiger partial charge in [-0.3, -0.25) is 0 Å². The Labute approximate surface area is 96.0 Å². The fourth-order valence-corrected chi connectivity index (χ4v) is 5.24. The summed E-state index contributed by atoms with van der Waals surface area (Å²) in [5, 5.41) is 0. The lowest BCUT2D eigenvalue weighted by molar-refractivity contribution is -0.0545. The first-order valence-corrected chi connectivity index (χ1v) is 6.42. The fraction of sp³-hybridized carbons (Fsp3) is 1.00. The smallest absolute Gasteiger partial charge is 0.0361 e. The van der Waals surface area contributed by atoms with E-state index >= 15 is 0 Å². The Hall–Kier alpha value is 0.540. The SMILES string of the molecule is ClN(Cl)CC12CC3CC(CC(C3)C1)C2. The molecule has 4 rings (SSSR count). The molecule has 0 aromatic rings. The molecule has 4 bridgehead atoms. The van der Waals surface area contributed by atoms with Crippen LogP contribution in [0.4, 0.5) is 0 Å². The van der Waals surface area contributed by atoms with E-state index in [0.29, 0.717) is 5.41 Å². The average Bonchev–Trinajstić information content (AvgIpc) is 1.96. The zero-order chi connectivity index (χ0) is 9.76. The molecular formula is C11H17Cl2N. The van der Waals surface area contributed by atoms with Crippen molar-refractivity contribution in [3.8, 4) is 0 Å². The molecule has 0 heterocycles. The van der Waals surface area contributed by atoms with Gasteiger partial charge < -0.3 is 0 Å². The summed E-state index contributed by atoms with van der Waals surface area (Å²) in [6.07, 6.45) is 8.62. The van der Waals surface area contributed by atoms with Gasteiger partial charge in [-0.1, -0.05) is 0 Å². The summed E-state index contributed by atoms with van der Waals surface area (Å²) >= 11 is 11.6. The predicted molar refractivity (Wildman–Crippen MR) is 59.0 cm³/mol. The molecule has 14 heavy (non-hydrogen) atoms. The van der Waals surface area contributed by atoms with Gasteiger partial charge in [-0.05, 0) is 85.2 Å². The first-order valence-electron chi connectivity index (χ1n) is 5.74. The number of hydrogen-bond donors (Lipinski definition) is 0. The standard InChI is InChI=1S/C11H17Cl2N/c12-14(13)7-11-4-8-1-9(5-11)3-10(2-8)6-11/h8-10H,1-7H2. The molecule has 0 radical (unpaired) electrons. The summed E-state index contributed by atoms with van der Waals surface area (Å²) in [4.78, 5) is 0. The third kappa shape index (κ3) is 1.58. The molecule has 0 saturated heterocycles. The van der Waals surface area contributed by atoms with Crippen molar-refractivity contribution >= 4 is 23.6 Å². The molecule has 80 valence electrons. The van der Waals surface area contributed by atoms with E-state index in [2.05, 4.69) is 0 Å². The Morgan fingerprint density at radius 2 is 1.36 bits per heavy atom. The van der Waals surface area contributed by atoms with Crippen LogP contribution in [0.15, 0.2) is 0 Å². The number of halogens is 2. The Morgan fingerprint density at radius 1 is 0.929 bits per heavy atom. The monoisotopic (exact) mass is 233 g/mol. The van der Waals surface area contributed by atoms with Crippen molar-refractivity contribution < 1.29 is 0 Å². The molecule has 4 saturated carbocycles. The summed E-state index contributed by atoms with van der Waals surface area (Å²) in [6.45, 7) is 0.889. The van der Waals surface area contributed by atoms with Crippen molar-refractivity contribution in [1.82, 2.24) is 3.94 Å². The lowest BCUT2D eigenvalue weighted by Gasteiger charge is -2.57. The molecule has 3 heteroatoms. The molecule has 0 aromatic heterocycles. The van der Waals surface area contributed by atoms with Crippen LogP contribution in [0.3, 0.4) is 0 Å². The Bertz CT molecular complexity index is 198. The van der Waals surface area contributed by atoms with Gasteiger partial charge in [0.15, 0.2) is 0 Å². The first kappa shape index (κ1) is 9.74. The van der Waals surface area contributed by atoms with Gasteiger partial charge in [0, 0.05) is 6.54 Å². The van der Waals surface area contributed by atoms with Crippen molar-refractivity contribution in [2.24, 2.45) is 23.2 Å². The van der Waals surface area contributed by atoms with Gasteiger partial charge in [0.25, 0.3) is 0 Å². The van der Waals surface area contributed by atoms with Crippen LogP contribution in [0, 0.1) is 23.2 Å². The summed E-state index contributed by atoms with van der Waals surface area (Å²) in [7, 11) is 0. The van der Waals surface area contributed by atoms with E-state index < -0.39 is 0 Å². The van der Waals surface area contributed by atoms with Gasteiger partial charge in [0.05, 0.1) is 0 Å². The highest BCUT2D eigenvalue weighted by molar-refractivity contribution is 6.33. The molecule has 0 spiro atoms. The molecule has 0 N–H and O–H groups in total. The molecule has 0 aromatic carbocycles. The molecule has 4 aliphatic carbocycles. The molecule has 1 nitrogen and oxygen atoms in total. The largest absolute Gasteiger partial charge is 0.131 e. The molecular weight excluding hydrogens is 217 g/mol. The first-order chi connectivity index (χ1) is 6.65. The number of hydrogen-bond acceptors (Lipinski definition) is 1. The van der Waals surface area contributed by atoms with Crippen molar-refractivity contribution in [1.29, 1.82) is 0 Å². The number of rotatable bonds is 2. The van der Waals surface area contributed by atoms with E-state index in [0.717, 1.165) is 24.3 Å². The van der Waals surface area contributed by atoms with Crippen LogP contribution >= 0.6 is 23.6 Å². The molecule has 0 unspecified atom stereocenters. The molecule has 4 aliphatic rings. The fourth-order valence-electron chi connectivity index (χ4n) is 4.74. The van der Waals surface area contributed by atoms with Gasteiger partial charge in [-0.25, -0.2) is 0 Å². The zero-order valence-corrected chi connectivity index (χ0v) is 9.90. The minimum absolute atomic E-state index is 0.484. The summed E-state index contributed by atoms with van der Waals surface area (Å²) < 4.78 is 1.37. The quantitative estimate of drug-likeness (QED) is 0.656. The zero-order valence-electron chi connectivity index (χ0n) is 8.38. The highest BCUT2D eigenvalue weighted by Crippen LogP contribution is 2.60. The normalized spacial score (nSPS) is 50.4. The second-order valence-electron chi connectivity index (χ2n) is 5.88. The predicted octanol–water partition coefficient (Wildman–Crippen LogP) is 3.81. The summed E-state index contributed by atoms with van der Waals surface area (Å²) in [5.74, 6) is 2.98. The number of nitrogens with zero attached hydrogens (tertiary/aromatic N) is 1. The van der Waals surface area contributed by atoms with Crippen LogP contribution in [0.2, 0.25) is 0 Å². The molecule has 0 atom stereocenters. The van der Waals surface area contributed by atoms with Crippen LogP contribution in [-0.2, 0) is 0 Å². The van der Waals surface area contributed by atoms with Gasteiger partial charge in [-0.2, -0.15) is 0 Å². The highest BCUT2D eigenvalue weighted by Gasteiger charge is 2.51. The van der Waals surface area contributed by atoms with Crippen molar-refractivity contribution in [2.75, 3.05) is 6.54 Å². The lowest BCUT2D eigenvalue weighted by Crippen LogP contribution is -2.49. The van der Waals surface area contributed by atoms with E-state index in [1.807, 2.05) is 0 Å². The van der Waals surface area contributed by atoms with Gasteiger partial charge in [-0.15, -0.1) is 3.94 Å². The third-order valence-electron chi connectivity index (χ3n) is 4.62. The van der Waals surface area contributed by atoms with E-state index in [4.69, 9.17) is 23.6 Å². The van der Waals surface area contributed by atoms with Crippen LogP contribution in [0.1, 0.15) is 38.5 Å². The molecule has 4 fully saturated rings. The Morgan fingerprint density at radius 3 is 1.71 bits per heavy atom. The minimum atomic E-state index is 0.484. The van der Waals surface area contributed by atoms with Gasteiger partial charge >= 0.3 is 0 Å². The maximum absolute atomic E-state index is 5.81. The van der Waals surface area contributed by atoms with E-state index in [1.54, 1.807) is 0 Å². The maximum atomic E-state index is 5.81. The molecule has 0 amide bonds. The van der Waals surface area contributed by atoms with Crippen LogP contribution in [0.5, 0.6) is 0 Å². The van der Waals surface area contributed by atoms with E-state index in [9.17, 15) is 0 Å². The van der Waals surface area contributed by atoms with Crippen molar-refractivity contribution in [3.05, 3.63) is 0 Å². The summed E-state index contributed by atoms with van der Waals surface area (Å²) in [6, 6.07) is 0.